The minimum absolute atomic E-state index is 0.0403. The molecule has 1 aliphatic rings. The second-order valence-corrected chi connectivity index (χ2v) is 6.79. The first kappa shape index (κ1) is 20.2. The summed E-state index contributed by atoms with van der Waals surface area (Å²) in [6, 6.07) is 2.97. The van der Waals surface area contributed by atoms with Crippen molar-refractivity contribution >= 4 is 5.91 Å². The lowest BCUT2D eigenvalue weighted by molar-refractivity contribution is 0.0705. The molecular weight excluding hydrogens is 370 g/mol. The van der Waals surface area contributed by atoms with Gasteiger partial charge in [0, 0.05) is 38.7 Å². The molecule has 0 bridgehead atoms. The fourth-order valence-electron chi connectivity index (χ4n) is 3.55. The Balaban J connectivity index is 1.71. The number of halogens is 2. The van der Waals surface area contributed by atoms with Gasteiger partial charge in [-0.2, -0.15) is 5.10 Å². The molecule has 152 valence electrons. The standard InChI is InChI=1S/C19H24F2N4O3/c1-3-24-17(22-25(19(24)27)10-11-28-2)13-6-8-23(9-7-13)18(26)15-5-4-14(20)12-16(15)21/h4-5,12-13H,3,6-11H2,1-2H3. The molecule has 3 rings (SSSR count). The zero-order valence-corrected chi connectivity index (χ0v) is 16.0. The lowest BCUT2D eigenvalue weighted by Gasteiger charge is -2.31. The molecule has 1 aromatic carbocycles. The fourth-order valence-corrected chi connectivity index (χ4v) is 3.55. The van der Waals surface area contributed by atoms with Gasteiger partial charge in [-0.05, 0) is 31.9 Å². The summed E-state index contributed by atoms with van der Waals surface area (Å²) in [5.74, 6) is -1.27. The second kappa shape index (κ2) is 8.64. The molecule has 0 radical (unpaired) electrons. The molecule has 0 N–H and O–H groups in total. The Hall–Kier alpha value is -2.55. The lowest BCUT2D eigenvalue weighted by Crippen LogP contribution is -2.39. The third-order valence-electron chi connectivity index (χ3n) is 5.08. The molecule has 1 fully saturated rings. The molecule has 9 heteroatoms. The highest BCUT2D eigenvalue weighted by Crippen LogP contribution is 2.27. The summed E-state index contributed by atoms with van der Waals surface area (Å²) in [6.07, 6.45) is 1.24. The van der Waals surface area contributed by atoms with Crippen LogP contribution in [-0.2, 0) is 17.8 Å². The zero-order chi connectivity index (χ0) is 20.3. The summed E-state index contributed by atoms with van der Waals surface area (Å²) in [5.41, 5.74) is -0.296. The molecule has 1 saturated heterocycles. The van der Waals surface area contributed by atoms with E-state index in [0.29, 0.717) is 57.5 Å². The SMILES string of the molecule is CCn1c(C2CCN(C(=O)c3ccc(F)cc3F)CC2)nn(CCOC)c1=O. The van der Waals surface area contributed by atoms with Crippen LogP contribution in [0.4, 0.5) is 8.78 Å². The average molecular weight is 394 g/mol. The highest BCUT2D eigenvalue weighted by Gasteiger charge is 2.29. The van der Waals surface area contributed by atoms with Gasteiger partial charge >= 0.3 is 5.69 Å². The Bertz CT molecular complexity index is 901. The van der Waals surface area contributed by atoms with Crippen molar-refractivity contribution in [1.82, 2.24) is 19.2 Å². The van der Waals surface area contributed by atoms with Crippen LogP contribution < -0.4 is 5.69 Å². The number of carbonyl (C=O) groups is 1. The molecule has 1 aromatic heterocycles. The molecule has 0 unspecified atom stereocenters. The molecule has 1 aliphatic heterocycles. The van der Waals surface area contributed by atoms with Gasteiger partial charge in [0.1, 0.15) is 17.5 Å². The topological polar surface area (TPSA) is 69.4 Å². The van der Waals surface area contributed by atoms with E-state index in [1.807, 2.05) is 6.92 Å². The van der Waals surface area contributed by atoms with Gasteiger partial charge < -0.3 is 9.64 Å². The van der Waals surface area contributed by atoms with Crippen molar-refractivity contribution in [2.45, 2.75) is 38.8 Å². The van der Waals surface area contributed by atoms with Crippen molar-refractivity contribution in [3.63, 3.8) is 0 Å². The molecule has 0 atom stereocenters. The van der Waals surface area contributed by atoms with Gasteiger partial charge in [0.15, 0.2) is 0 Å². The van der Waals surface area contributed by atoms with Crippen molar-refractivity contribution in [3.05, 3.63) is 51.7 Å². The van der Waals surface area contributed by atoms with Crippen molar-refractivity contribution in [3.8, 4) is 0 Å². The summed E-state index contributed by atoms with van der Waals surface area (Å²) in [5, 5.41) is 4.48. The van der Waals surface area contributed by atoms with E-state index in [2.05, 4.69) is 5.10 Å². The van der Waals surface area contributed by atoms with E-state index in [0.717, 1.165) is 6.07 Å². The van der Waals surface area contributed by atoms with Gasteiger partial charge in [-0.25, -0.2) is 18.3 Å². The molecule has 0 aliphatic carbocycles. The number of benzene rings is 1. The minimum Gasteiger partial charge on any atom is -0.383 e. The highest BCUT2D eigenvalue weighted by atomic mass is 19.1. The normalized spacial score (nSPS) is 15.2. The predicted molar refractivity (Wildman–Crippen MR) is 98.3 cm³/mol. The predicted octanol–water partition coefficient (Wildman–Crippen LogP) is 2.01. The summed E-state index contributed by atoms with van der Waals surface area (Å²) in [6.45, 7) is 4.03. The first-order chi connectivity index (χ1) is 13.5. The number of likely N-dealkylation sites (tertiary alicyclic amines) is 1. The number of hydrogen-bond donors (Lipinski definition) is 0. The number of piperidine rings is 1. The maximum atomic E-state index is 13.9. The second-order valence-electron chi connectivity index (χ2n) is 6.79. The molecular formula is C19H24F2N4O3. The minimum atomic E-state index is -0.858. The number of carbonyl (C=O) groups excluding carboxylic acids is 1. The Kier molecular flexibility index (Phi) is 6.23. The Labute approximate surface area is 161 Å². The van der Waals surface area contributed by atoms with E-state index in [9.17, 15) is 18.4 Å². The number of amides is 1. The smallest absolute Gasteiger partial charge is 0.345 e. The summed E-state index contributed by atoms with van der Waals surface area (Å²) < 4.78 is 35.0. The number of nitrogens with zero attached hydrogens (tertiary/aromatic N) is 4. The van der Waals surface area contributed by atoms with Crippen LogP contribution in [-0.4, -0.2) is 52.0 Å². The van der Waals surface area contributed by atoms with Crippen molar-refractivity contribution in [1.29, 1.82) is 0 Å². The van der Waals surface area contributed by atoms with Crippen LogP contribution in [0.5, 0.6) is 0 Å². The van der Waals surface area contributed by atoms with E-state index in [1.54, 1.807) is 16.6 Å². The van der Waals surface area contributed by atoms with E-state index in [1.165, 1.54) is 10.7 Å². The van der Waals surface area contributed by atoms with Crippen LogP contribution in [0.15, 0.2) is 23.0 Å². The average Bonchev–Trinajstić information content (AvgIpc) is 3.01. The van der Waals surface area contributed by atoms with Crippen molar-refractivity contribution in [2.75, 3.05) is 26.8 Å². The maximum absolute atomic E-state index is 13.9. The van der Waals surface area contributed by atoms with Crippen LogP contribution in [0.3, 0.4) is 0 Å². The van der Waals surface area contributed by atoms with Gasteiger partial charge in [0.2, 0.25) is 0 Å². The van der Waals surface area contributed by atoms with Crippen molar-refractivity contribution in [2.24, 2.45) is 0 Å². The molecule has 2 heterocycles. The van der Waals surface area contributed by atoms with Crippen molar-refractivity contribution < 1.29 is 18.3 Å². The number of rotatable bonds is 6. The number of ether oxygens (including phenoxy) is 1. The van der Waals surface area contributed by atoms with Crippen LogP contribution in [0.2, 0.25) is 0 Å². The Morgan fingerprint density at radius 2 is 2.00 bits per heavy atom. The van der Waals surface area contributed by atoms with E-state index >= 15 is 0 Å². The van der Waals surface area contributed by atoms with Gasteiger partial charge in [-0.3, -0.25) is 9.36 Å². The van der Waals surface area contributed by atoms with Crippen LogP contribution in [0.25, 0.3) is 0 Å². The van der Waals surface area contributed by atoms with Crippen LogP contribution in [0, 0.1) is 11.6 Å². The molecule has 1 amide bonds. The maximum Gasteiger partial charge on any atom is 0.345 e. The third-order valence-corrected chi connectivity index (χ3v) is 5.08. The summed E-state index contributed by atoms with van der Waals surface area (Å²) in [4.78, 5) is 26.6. The first-order valence-electron chi connectivity index (χ1n) is 9.37. The number of aromatic nitrogens is 3. The number of methoxy groups -OCH3 is 1. The summed E-state index contributed by atoms with van der Waals surface area (Å²) in [7, 11) is 1.57. The Morgan fingerprint density at radius 1 is 1.29 bits per heavy atom. The van der Waals surface area contributed by atoms with Gasteiger partial charge in [-0.1, -0.05) is 0 Å². The summed E-state index contributed by atoms with van der Waals surface area (Å²) >= 11 is 0. The Morgan fingerprint density at radius 3 is 2.61 bits per heavy atom. The van der Waals surface area contributed by atoms with Crippen LogP contribution >= 0.6 is 0 Å². The number of hydrogen-bond acceptors (Lipinski definition) is 4. The van der Waals surface area contributed by atoms with Gasteiger partial charge in [-0.15, -0.1) is 0 Å². The third kappa shape index (κ3) is 3.99. The molecule has 7 nitrogen and oxygen atoms in total. The lowest BCUT2D eigenvalue weighted by atomic mass is 9.95. The van der Waals surface area contributed by atoms with E-state index < -0.39 is 17.5 Å². The fraction of sp³-hybridized carbons (Fsp3) is 0.526. The highest BCUT2D eigenvalue weighted by molar-refractivity contribution is 5.94. The monoisotopic (exact) mass is 394 g/mol. The van der Waals surface area contributed by atoms with E-state index in [-0.39, 0.29) is 17.2 Å². The van der Waals surface area contributed by atoms with Gasteiger partial charge in [0.25, 0.3) is 5.91 Å². The van der Waals surface area contributed by atoms with Gasteiger partial charge in [0.05, 0.1) is 18.7 Å². The van der Waals surface area contributed by atoms with E-state index in [4.69, 9.17) is 4.74 Å². The first-order valence-corrected chi connectivity index (χ1v) is 9.37. The largest absolute Gasteiger partial charge is 0.383 e. The molecule has 0 saturated carbocycles. The molecule has 0 spiro atoms. The quantitative estimate of drug-likeness (QED) is 0.752. The zero-order valence-electron chi connectivity index (χ0n) is 16.0. The molecule has 2 aromatic rings. The molecule has 28 heavy (non-hydrogen) atoms. The van der Waals surface area contributed by atoms with Crippen LogP contribution in [0.1, 0.15) is 41.9 Å².